The van der Waals surface area contributed by atoms with E-state index in [0.717, 1.165) is 13.2 Å². The zero-order valence-electron chi connectivity index (χ0n) is 14.8. The van der Waals surface area contributed by atoms with Crippen molar-refractivity contribution in [2.45, 2.75) is 6.04 Å². The van der Waals surface area contributed by atoms with Gasteiger partial charge in [-0.25, -0.2) is 19.3 Å². The topological polar surface area (TPSA) is 72.0 Å². The summed E-state index contributed by atoms with van der Waals surface area (Å²) in [5, 5.41) is 6.45. The zero-order valence-corrected chi connectivity index (χ0v) is 14.8. The number of nitrogens with zero attached hydrogens (tertiary/aromatic N) is 3. The maximum atomic E-state index is 14.3. The highest BCUT2D eigenvalue weighted by Gasteiger charge is 2.54. The number of benzene rings is 1. The van der Waals surface area contributed by atoms with Crippen molar-refractivity contribution in [3.8, 4) is 11.4 Å². The van der Waals surface area contributed by atoms with Gasteiger partial charge in [-0.2, -0.15) is 4.39 Å². The molecule has 3 heterocycles. The van der Waals surface area contributed by atoms with Crippen LogP contribution in [0.25, 0.3) is 11.4 Å². The largest absolute Gasteiger partial charge is 0.381 e. The Labute approximate surface area is 160 Å². The van der Waals surface area contributed by atoms with Gasteiger partial charge in [0, 0.05) is 41.9 Å². The van der Waals surface area contributed by atoms with Gasteiger partial charge in [-0.3, -0.25) is 0 Å². The summed E-state index contributed by atoms with van der Waals surface area (Å²) in [5.74, 6) is 1.24. The van der Waals surface area contributed by atoms with E-state index in [1.54, 1.807) is 30.3 Å². The molecule has 1 aromatic carbocycles. The van der Waals surface area contributed by atoms with E-state index in [2.05, 4.69) is 25.6 Å². The van der Waals surface area contributed by atoms with Crippen molar-refractivity contribution in [1.82, 2.24) is 15.0 Å². The lowest BCUT2D eigenvalue weighted by molar-refractivity contribution is 0.162. The first kappa shape index (κ1) is 17.0. The van der Waals surface area contributed by atoms with Crippen LogP contribution in [0.1, 0.15) is 0 Å². The van der Waals surface area contributed by atoms with Gasteiger partial charge in [-0.1, -0.05) is 12.1 Å². The molecular weight excluding hydrogens is 364 g/mol. The zero-order chi connectivity index (χ0) is 19.1. The van der Waals surface area contributed by atoms with Crippen molar-refractivity contribution in [2.24, 2.45) is 11.8 Å². The molecule has 2 fully saturated rings. The summed E-state index contributed by atoms with van der Waals surface area (Å²) >= 11 is 0. The van der Waals surface area contributed by atoms with E-state index in [1.807, 2.05) is 0 Å². The highest BCUT2D eigenvalue weighted by molar-refractivity contribution is 5.65. The second-order valence-corrected chi connectivity index (χ2v) is 6.97. The number of hydrogen-bond donors (Lipinski definition) is 2. The Morgan fingerprint density at radius 2 is 1.75 bits per heavy atom. The molecule has 0 spiro atoms. The summed E-state index contributed by atoms with van der Waals surface area (Å²) in [6.45, 7) is 1.49. The number of rotatable bonds is 5. The van der Waals surface area contributed by atoms with Crippen LogP contribution in [0, 0.1) is 23.6 Å². The van der Waals surface area contributed by atoms with Gasteiger partial charge in [0.05, 0.1) is 18.8 Å². The van der Waals surface area contributed by atoms with E-state index in [-0.39, 0.29) is 5.82 Å². The molecule has 2 unspecified atom stereocenters. The maximum Gasteiger partial charge on any atom is 0.214 e. The van der Waals surface area contributed by atoms with Crippen LogP contribution in [0.2, 0.25) is 0 Å². The number of pyridine rings is 1. The average Bonchev–Trinajstić information content (AvgIpc) is 3.10. The first-order valence-corrected chi connectivity index (χ1v) is 9.04. The molecule has 2 atom stereocenters. The molecule has 1 aliphatic heterocycles. The third kappa shape index (κ3) is 3.27. The fraction of sp³-hybridized carbons (Fsp3) is 0.250. The molecule has 1 aliphatic carbocycles. The molecule has 3 aromatic rings. The van der Waals surface area contributed by atoms with E-state index in [9.17, 15) is 8.78 Å². The molecule has 1 saturated carbocycles. The lowest BCUT2D eigenvalue weighted by Crippen LogP contribution is -2.14. The molecule has 0 amide bonds. The Morgan fingerprint density at radius 1 is 0.964 bits per heavy atom. The van der Waals surface area contributed by atoms with Crippen LogP contribution in [-0.2, 0) is 4.74 Å². The van der Waals surface area contributed by atoms with E-state index in [4.69, 9.17) is 4.74 Å². The van der Waals surface area contributed by atoms with Gasteiger partial charge in [-0.05, 0) is 18.2 Å². The smallest absolute Gasteiger partial charge is 0.214 e. The van der Waals surface area contributed by atoms with Crippen molar-refractivity contribution in [3.05, 3.63) is 60.4 Å². The summed E-state index contributed by atoms with van der Waals surface area (Å²) < 4.78 is 33.1. The standard InChI is InChI=1S/C20H17F2N5O/c21-15-4-2-1-3-12(15)20-26-17(24-11-5-6-23-16(22)7-11)8-18(27-20)25-19-13-9-28-10-14(13)19/h1-8,13-14,19H,9-10H2,(H2,23,24,25,26,27). The van der Waals surface area contributed by atoms with Crippen LogP contribution >= 0.6 is 0 Å². The van der Waals surface area contributed by atoms with Crippen LogP contribution in [0.5, 0.6) is 0 Å². The van der Waals surface area contributed by atoms with Gasteiger partial charge in [0.15, 0.2) is 5.82 Å². The lowest BCUT2D eigenvalue weighted by Gasteiger charge is -2.13. The Kier molecular flexibility index (Phi) is 4.12. The molecule has 142 valence electrons. The minimum atomic E-state index is -0.600. The molecule has 2 aromatic heterocycles. The third-order valence-electron chi connectivity index (χ3n) is 5.11. The summed E-state index contributed by atoms with van der Waals surface area (Å²) in [6.07, 6.45) is 1.36. The normalized spacial score (nSPS) is 22.6. The molecule has 28 heavy (non-hydrogen) atoms. The van der Waals surface area contributed by atoms with Gasteiger partial charge >= 0.3 is 0 Å². The lowest BCUT2D eigenvalue weighted by atomic mass is 10.2. The quantitative estimate of drug-likeness (QED) is 0.658. The van der Waals surface area contributed by atoms with Crippen molar-refractivity contribution in [1.29, 1.82) is 0 Å². The molecule has 2 aliphatic rings. The van der Waals surface area contributed by atoms with Crippen molar-refractivity contribution in [2.75, 3.05) is 23.8 Å². The predicted molar refractivity (Wildman–Crippen MR) is 100 cm³/mol. The summed E-state index contributed by atoms with van der Waals surface area (Å²) in [7, 11) is 0. The SMILES string of the molecule is Fc1cc(Nc2cc(NC3C4COCC43)nc(-c3ccccc3F)n2)ccn1. The average molecular weight is 381 g/mol. The number of nitrogens with one attached hydrogen (secondary N) is 2. The number of fused-ring (bicyclic) bond motifs is 1. The van der Waals surface area contributed by atoms with Gasteiger partial charge in [-0.15, -0.1) is 0 Å². The fourth-order valence-corrected chi connectivity index (χ4v) is 3.60. The molecule has 0 bridgehead atoms. The second kappa shape index (κ2) is 6.79. The van der Waals surface area contributed by atoms with E-state index >= 15 is 0 Å². The Morgan fingerprint density at radius 3 is 2.54 bits per heavy atom. The summed E-state index contributed by atoms with van der Waals surface area (Å²) in [5.41, 5.74) is 0.794. The van der Waals surface area contributed by atoms with E-state index < -0.39 is 11.8 Å². The second-order valence-electron chi connectivity index (χ2n) is 6.97. The number of hydrogen-bond acceptors (Lipinski definition) is 6. The molecule has 5 rings (SSSR count). The molecule has 1 saturated heterocycles. The van der Waals surface area contributed by atoms with Crippen LogP contribution in [-0.4, -0.2) is 34.2 Å². The van der Waals surface area contributed by atoms with Crippen molar-refractivity contribution in [3.63, 3.8) is 0 Å². The number of ether oxygens (including phenoxy) is 1. The van der Waals surface area contributed by atoms with Gasteiger partial charge in [0.1, 0.15) is 17.5 Å². The van der Waals surface area contributed by atoms with Gasteiger partial charge < -0.3 is 15.4 Å². The summed E-state index contributed by atoms with van der Waals surface area (Å²) in [6, 6.07) is 11.3. The predicted octanol–water partition coefficient (Wildman–Crippen LogP) is 3.62. The number of halogens is 2. The van der Waals surface area contributed by atoms with Crippen LogP contribution in [0.4, 0.5) is 26.1 Å². The first-order chi connectivity index (χ1) is 13.7. The van der Waals surface area contributed by atoms with Gasteiger partial charge in [0.25, 0.3) is 0 Å². The minimum Gasteiger partial charge on any atom is -0.381 e. The molecule has 2 N–H and O–H groups in total. The van der Waals surface area contributed by atoms with Crippen molar-refractivity contribution < 1.29 is 13.5 Å². The van der Waals surface area contributed by atoms with Gasteiger partial charge in [0.2, 0.25) is 5.95 Å². The minimum absolute atomic E-state index is 0.252. The maximum absolute atomic E-state index is 14.3. The highest BCUT2D eigenvalue weighted by atomic mass is 19.1. The van der Waals surface area contributed by atoms with Crippen molar-refractivity contribution >= 4 is 17.3 Å². The molecule has 0 radical (unpaired) electrons. The van der Waals surface area contributed by atoms with Crippen LogP contribution in [0.3, 0.4) is 0 Å². The number of aromatic nitrogens is 3. The van der Waals surface area contributed by atoms with Crippen LogP contribution < -0.4 is 10.6 Å². The Bertz CT molecular complexity index is 1020. The Hall–Kier alpha value is -3.13. The molecule has 6 nitrogen and oxygen atoms in total. The van der Waals surface area contributed by atoms with E-state index in [0.29, 0.717) is 40.8 Å². The monoisotopic (exact) mass is 381 g/mol. The fourth-order valence-electron chi connectivity index (χ4n) is 3.60. The highest BCUT2D eigenvalue weighted by Crippen LogP contribution is 2.46. The third-order valence-corrected chi connectivity index (χ3v) is 5.11. The van der Waals surface area contributed by atoms with E-state index in [1.165, 1.54) is 18.3 Å². The van der Waals surface area contributed by atoms with Crippen LogP contribution in [0.15, 0.2) is 48.7 Å². The first-order valence-electron chi connectivity index (χ1n) is 9.04. The Balaban J connectivity index is 1.49. The molecular formula is C20H17F2N5O. The summed E-state index contributed by atoms with van der Waals surface area (Å²) in [4.78, 5) is 12.5. The number of anilines is 3. The molecule has 8 heteroatoms.